The zero-order valence-corrected chi connectivity index (χ0v) is 6.79. The van der Waals surface area contributed by atoms with Crippen molar-refractivity contribution in [1.29, 1.82) is 0 Å². The topological polar surface area (TPSA) is 40.5 Å². The van der Waals surface area contributed by atoms with Crippen LogP contribution in [0.15, 0.2) is 0 Å². The van der Waals surface area contributed by atoms with Gasteiger partial charge in [-0.1, -0.05) is 0 Å². The van der Waals surface area contributed by atoms with Gasteiger partial charge in [0.05, 0.1) is 11.7 Å². The molecule has 0 aromatic carbocycles. The Kier molecular flexibility index (Phi) is 1.69. The first-order valence-corrected chi connectivity index (χ1v) is 4.61. The fourth-order valence-electron chi connectivity index (χ4n) is 2.46. The molecule has 0 aliphatic heterocycles. The van der Waals surface area contributed by atoms with Crippen molar-refractivity contribution in [2.75, 3.05) is 0 Å². The Labute approximate surface area is 67.2 Å². The number of hydrogen-bond acceptors (Lipinski definition) is 2. The minimum Gasteiger partial charge on any atom is -0.390 e. The molecule has 0 spiro atoms. The molecule has 2 heteroatoms. The lowest BCUT2D eigenvalue weighted by Gasteiger charge is -2.34. The number of hydrogen-bond donors (Lipinski definition) is 2. The van der Waals surface area contributed by atoms with Crippen LogP contribution in [0.3, 0.4) is 0 Å². The molecule has 0 saturated heterocycles. The minimum atomic E-state index is -0.715. The van der Waals surface area contributed by atoms with Gasteiger partial charge < -0.3 is 10.2 Å². The Bertz CT molecular complexity index is 145. The van der Waals surface area contributed by atoms with Gasteiger partial charge >= 0.3 is 0 Å². The highest BCUT2D eigenvalue weighted by atomic mass is 16.4. The second-order valence-electron chi connectivity index (χ2n) is 4.14. The predicted octanol–water partition coefficient (Wildman–Crippen LogP) is 1.06. The summed E-state index contributed by atoms with van der Waals surface area (Å²) in [6, 6.07) is 0. The molecule has 64 valence electrons. The van der Waals surface area contributed by atoms with Gasteiger partial charge in [0.2, 0.25) is 0 Å². The molecule has 0 aromatic rings. The highest BCUT2D eigenvalue weighted by molar-refractivity contribution is 4.94. The largest absolute Gasteiger partial charge is 0.390 e. The van der Waals surface area contributed by atoms with Crippen LogP contribution in [0.2, 0.25) is 0 Å². The third-order valence-corrected chi connectivity index (χ3v) is 3.44. The summed E-state index contributed by atoms with van der Waals surface area (Å²) in [5.41, 5.74) is -0.715. The first kappa shape index (κ1) is 7.56. The van der Waals surface area contributed by atoms with Gasteiger partial charge in [0.25, 0.3) is 0 Å². The third-order valence-electron chi connectivity index (χ3n) is 3.44. The molecule has 2 N–H and O–H groups in total. The molecule has 3 aliphatic carbocycles. The number of rotatable bonds is 0. The molecular formula is C9H16O2. The minimum absolute atomic E-state index is 0.449. The van der Waals surface area contributed by atoms with Gasteiger partial charge in [0.1, 0.15) is 0 Å². The van der Waals surface area contributed by atoms with E-state index in [1.54, 1.807) is 0 Å². The summed E-state index contributed by atoms with van der Waals surface area (Å²) < 4.78 is 0. The van der Waals surface area contributed by atoms with Crippen molar-refractivity contribution >= 4 is 0 Å². The molecule has 0 amide bonds. The van der Waals surface area contributed by atoms with Gasteiger partial charge in [-0.05, 0) is 44.4 Å². The maximum Gasteiger partial charge on any atom is 0.0905 e. The summed E-state index contributed by atoms with van der Waals surface area (Å²) in [5, 5.41) is 19.5. The molecule has 0 radical (unpaired) electrons. The van der Waals surface area contributed by atoms with Crippen LogP contribution in [0.1, 0.15) is 38.5 Å². The van der Waals surface area contributed by atoms with E-state index in [1.165, 1.54) is 0 Å². The quantitative estimate of drug-likeness (QED) is 0.516. The van der Waals surface area contributed by atoms with E-state index >= 15 is 0 Å². The summed E-state index contributed by atoms with van der Waals surface area (Å²) in [4.78, 5) is 0. The van der Waals surface area contributed by atoms with Crippen molar-refractivity contribution in [2.45, 2.75) is 50.2 Å². The Morgan fingerprint density at radius 3 is 2.27 bits per heavy atom. The normalized spacial score (nSPS) is 50.7. The van der Waals surface area contributed by atoms with E-state index in [4.69, 9.17) is 0 Å². The van der Waals surface area contributed by atoms with Crippen LogP contribution in [0.5, 0.6) is 0 Å². The van der Waals surface area contributed by atoms with Gasteiger partial charge in [0.15, 0.2) is 0 Å². The first-order chi connectivity index (χ1) is 5.21. The molecule has 1 atom stereocenters. The molecule has 0 heterocycles. The molecule has 3 fully saturated rings. The van der Waals surface area contributed by atoms with Crippen molar-refractivity contribution in [3.8, 4) is 0 Å². The highest BCUT2D eigenvalue weighted by Gasteiger charge is 2.42. The lowest BCUT2D eigenvalue weighted by molar-refractivity contribution is -0.0900. The van der Waals surface area contributed by atoms with Crippen LogP contribution in [0.25, 0.3) is 0 Å². The fourth-order valence-corrected chi connectivity index (χ4v) is 2.46. The SMILES string of the molecule is O[13C@H]1CCC2CCC1(O)CC2. The summed E-state index contributed by atoms with van der Waals surface area (Å²) >= 11 is 0. The monoisotopic (exact) mass is 157 g/mol. The zero-order chi connectivity index (χ0) is 7.90. The Morgan fingerprint density at radius 1 is 1.00 bits per heavy atom. The average molecular weight is 157 g/mol. The Morgan fingerprint density at radius 2 is 1.64 bits per heavy atom. The molecule has 3 rings (SSSR count). The molecule has 3 aliphatic rings. The first-order valence-electron chi connectivity index (χ1n) is 4.61. The second-order valence-corrected chi connectivity index (χ2v) is 4.14. The molecule has 0 unspecified atom stereocenters. The zero-order valence-electron chi connectivity index (χ0n) is 6.79. The van der Waals surface area contributed by atoms with Crippen LogP contribution >= 0.6 is 0 Å². The van der Waals surface area contributed by atoms with E-state index in [-0.39, 0.29) is 0 Å². The van der Waals surface area contributed by atoms with Crippen molar-refractivity contribution in [3.63, 3.8) is 0 Å². The van der Waals surface area contributed by atoms with E-state index in [9.17, 15) is 10.2 Å². The number of fused-ring (bicyclic) bond motifs is 4. The average Bonchev–Trinajstić information content (AvgIpc) is 2.22. The van der Waals surface area contributed by atoms with Crippen LogP contribution in [-0.4, -0.2) is 21.9 Å². The van der Waals surface area contributed by atoms with Gasteiger partial charge in [-0.3, -0.25) is 0 Å². The molecule has 11 heavy (non-hydrogen) atoms. The fraction of sp³-hybridized carbons (Fsp3) is 1.00. The number of aliphatic hydroxyl groups excluding tert-OH is 1. The standard InChI is InChI=1S/C9H16O2/c10-8-2-1-7-3-5-9(8,11)6-4-7/h7-8,10-11H,1-6H2/t7?,8-,9?/m0/s1/i8+1. The van der Waals surface area contributed by atoms with Crippen LogP contribution in [0, 0.1) is 5.92 Å². The van der Waals surface area contributed by atoms with E-state index in [0.29, 0.717) is 0 Å². The van der Waals surface area contributed by atoms with Crippen molar-refractivity contribution in [3.05, 3.63) is 0 Å². The summed E-state index contributed by atoms with van der Waals surface area (Å²) in [6.45, 7) is 0. The van der Waals surface area contributed by atoms with E-state index < -0.39 is 11.7 Å². The lowest BCUT2D eigenvalue weighted by Crippen LogP contribution is -2.42. The van der Waals surface area contributed by atoms with Crippen molar-refractivity contribution in [2.24, 2.45) is 5.92 Å². The number of aliphatic hydroxyl groups is 2. The van der Waals surface area contributed by atoms with Gasteiger partial charge in [-0.15, -0.1) is 0 Å². The third kappa shape index (κ3) is 1.18. The summed E-state index contributed by atoms with van der Waals surface area (Å²) in [7, 11) is 0. The molecule has 0 aromatic heterocycles. The van der Waals surface area contributed by atoms with E-state index in [1.807, 2.05) is 0 Å². The highest BCUT2D eigenvalue weighted by Crippen LogP contribution is 2.41. The maximum absolute atomic E-state index is 9.92. The van der Waals surface area contributed by atoms with Crippen LogP contribution < -0.4 is 0 Å². The van der Waals surface area contributed by atoms with Gasteiger partial charge in [-0.25, -0.2) is 0 Å². The molecule has 3 saturated carbocycles. The predicted molar refractivity (Wildman–Crippen MR) is 42.1 cm³/mol. The second kappa shape index (κ2) is 2.46. The molecule has 2 bridgehead atoms. The van der Waals surface area contributed by atoms with Crippen molar-refractivity contribution < 1.29 is 10.2 Å². The van der Waals surface area contributed by atoms with Crippen molar-refractivity contribution in [1.82, 2.24) is 0 Å². The van der Waals surface area contributed by atoms with Crippen LogP contribution in [-0.2, 0) is 0 Å². The van der Waals surface area contributed by atoms with Crippen LogP contribution in [0.4, 0.5) is 0 Å². The Hall–Kier alpha value is -0.0800. The molecular weight excluding hydrogens is 141 g/mol. The van der Waals surface area contributed by atoms with Gasteiger partial charge in [0, 0.05) is 0 Å². The lowest BCUT2D eigenvalue weighted by atomic mass is 9.83. The smallest absolute Gasteiger partial charge is 0.0905 e. The van der Waals surface area contributed by atoms with Gasteiger partial charge in [-0.2, -0.15) is 0 Å². The van der Waals surface area contributed by atoms with E-state index in [2.05, 4.69) is 0 Å². The summed E-state index contributed by atoms with van der Waals surface area (Å²) in [6.07, 6.45) is 5.35. The maximum atomic E-state index is 9.92. The Balaban J connectivity index is 2.18. The summed E-state index contributed by atoms with van der Waals surface area (Å²) in [5.74, 6) is 0.785. The van der Waals surface area contributed by atoms with E-state index in [0.717, 1.165) is 44.4 Å². The molecule has 2 nitrogen and oxygen atoms in total.